The molecule has 0 aliphatic carbocycles. The molecule has 0 aromatic carbocycles. The fourth-order valence-corrected chi connectivity index (χ4v) is 1.71. The Kier molecular flexibility index (Phi) is 4.72. The molecule has 2 N–H and O–H groups in total. The maximum atomic E-state index is 11.4. The Morgan fingerprint density at radius 1 is 1.47 bits per heavy atom. The van der Waals surface area contributed by atoms with Crippen LogP contribution in [0.3, 0.4) is 0 Å². The van der Waals surface area contributed by atoms with Gasteiger partial charge in [-0.15, -0.1) is 0 Å². The molecule has 0 unspecified atom stereocenters. The number of rotatable bonds is 5. The number of aromatic hydroxyl groups is 1. The standard InChI is InChI=1S/C12H20N2O3/c1-9(2)14-8-12(17)11(16)6-10(14)7-13(3)4-5-15/h6,8-9,15,17H,4-5,7H2,1-3H3. The molecule has 17 heavy (non-hydrogen) atoms. The Morgan fingerprint density at radius 3 is 2.65 bits per heavy atom. The van der Waals surface area contributed by atoms with Crippen LogP contribution in [0.15, 0.2) is 17.1 Å². The summed E-state index contributed by atoms with van der Waals surface area (Å²) in [6, 6.07) is 1.61. The average Bonchev–Trinajstić information content (AvgIpc) is 2.23. The highest BCUT2D eigenvalue weighted by Gasteiger charge is 2.10. The minimum absolute atomic E-state index is 0.0838. The molecule has 0 aliphatic heterocycles. The van der Waals surface area contributed by atoms with Crippen LogP contribution in [0.2, 0.25) is 0 Å². The number of aliphatic hydroxyl groups excluding tert-OH is 1. The maximum absolute atomic E-state index is 11.4. The second kappa shape index (κ2) is 5.84. The lowest BCUT2D eigenvalue weighted by molar-refractivity contribution is 0.213. The van der Waals surface area contributed by atoms with Crippen LogP contribution in [-0.2, 0) is 6.54 Å². The third-order valence-electron chi connectivity index (χ3n) is 2.61. The predicted octanol–water partition coefficient (Wildman–Crippen LogP) is 0.559. The van der Waals surface area contributed by atoms with E-state index in [2.05, 4.69) is 0 Å². The average molecular weight is 240 g/mol. The third kappa shape index (κ3) is 3.57. The van der Waals surface area contributed by atoms with E-state index in [1.807, 2.05) is 30.4 Å². The molecule has 1 rings (SSSR count). The van der Waals surface area contributed by atoms with E-state index in [-0.39, 0.29) is 23.8 Å². The van der Waals surface area contributed by atoms with Gasteiger partial charge in [0.25, 0.3) is 0 Å². The third-order valence-corrected chi connectivity index (χ3v) is 2.61. The fourth-order valence-electron chi connectivity index (χ4n) is 1.71. The molecule has 0 fully saturated rings. The molecular formula is C12H20N2O3. The first-order chi connectivity index (χ1) is 7.95. The van der Waals surface area contributed by atoms with Gasteiger partial charge in [0.15, 0.2) is 5.75 Å². The van der Waals surface area contributed by atoms with Crippen molar-refractivity contribution in [1.82, 2.24) is 9.47 Å². The zero-order valence-electron chi connectivity index (χ0n) is 10.6. The normalized spacial score (nSPS) is 11.4. The monoisotopic (exact) mass is 240 g/mol. The van der Waals surface area contributed by atoms with Gasteiger partial charge in [0.1, 0.15) is 0 Å². The van der Waals surface area contributed by atoms with Crippen molar-refractivity contribution >= 4 is 0 Å². The van der Waals surface area contributed by atoms with Gasteiger partial charge in [-0.2, -0.15) is 0 Å². The number of aliphatic hydroxyl groups is 1. The van der Waals surface area contributed by atoms with Crippen LogP contribution in [0.4, 0.5) is 0 Å². The number of pyridine rings is 1. The van der Waals surface area contributed by atoms with Crippen molar-refractivity contribution in [2.24, 2.45) is 0 Å². The molecular weight excluding hydrogens is 220 g/mol. The van der Waals surface area contributed by atoms with E-state index in [0.717, 1.165) is 5.69 Å². The molecule has 5 nitrogen and oxygen atoms in total. The van der Waals surface area contributed by atoms with E-state index >= 15 is 0 Å². The molecule has 0 saturated carbocycles. The Morgan fingerprint density at radius 2 is 2.12 bits per heavy atom. The lowest BCUT2D eigenvalue weighted by Gasteiger charge is -2.21. The highest BCUT2D eigenvalue weighted by molar-refractivity contribution is 5.21. The predicted molar refractivity (Wildman–Crippen MR) is 66.2 cm³/mol. The minimum Gasteiger partial charge on any atom is -0.503 e. The van der Waals surface area contributed by atoms with Crippen molar-refractivity contribution in [2.45, 2.75) is 26.4 Å². The van der Waals surface area contributed by atoms with Crippen LogP contribution in [0.5, 0.6) is 5.75 Å². The van der Waals surface area contributed by atoms with Gasteiger partial charge >= 0.3 is 0 Å². The SMILES string of the molecule is CC(C)n1cc(O)c(=O)cc1CN(C)CCO. The number of likely N-dealkylation sites (N-methyl/N-ethyl adjacent to an activating group) is 1. The number of hydrogen-bond donors (Lipinski definition) is 2. The van der Waals surface area contributed by atoms with Crippen LogP contribution in [0.1, 0.15) is 25.6 Å². The van der Waals surface area contributed by atoms with E-state index in [1.54, 1.807) is 0 Å². The van der Waals surface area contributed by atoms with E-state index in [0.29, 0.717) is 13.1 Å². The zero-order valence-corrected chi connectivity index (χ0v) is 10.6. The van der Waals surface area contributed by atoms with Crippen molar-refractivity contribution in [3.05, 3.63) is 28.2 Å². The van der Waals surface area contributed by atoms with Gasteiger partial charge in [0.2, 0.25) is 5.43 Å². The van der Waals surface area contributed by atoms with Gasteiger partial charge in [-0.1, -0.05) is 0 Å². The van der Waals surface area contributed by atoms with Crippen LogP contribution < -0.4 is 5.43 Å². The number of aromatic nitrogens is 1. The van der Waals surface area contributed by atoms with E-state index in [9.17, 15) is 9.90 Å². The van der Waals surface area contributed by atoms with Crippen molar-refractivity contribution in [1.29, 1.82) is 0 Å². The topological polar surface area (TPSA) is 65.7 Å². The molecule has 1 heterocycles. The van der Waals surface area contributed by atoms with Crippen LogP contribution in [-0.4, -0.2) is 39.9 Å². The van der Waals surface area contributed by atoms with Gasteiger partial charge in [-0.25, -0.2) is 0 Å². The second-order valence-corrected chi connectivity index (χ2v) is 4.48. The maximum Gasteiger partial charge on any atom is 0.223 e. The van der Waals surface area contributed by atoms with E-state index in [1.165, 1.54) is 12.3 Å². The minimum atomic E-state index is -0.366. The van der Waals surface area contributed by atoms with Crippen LogP contribution in [0.25, 0.3) is 0 Å². The molecule has 5 heteroatoms. The van der Waals surface area contributed by atoms with Crippen LogP contribution in [0, 0.1) is 0 Å². The molecule has 0 bridgehead atoms. The number of nitrogens with zero attached hydrogens (tertiary/aromatic N) is 2. The summed E-state index contributed by atoms with van der Waals surface area (Å²) in [6.07, 6.45) is 1.47. The molecule has 0 radical (unpaired) electrons. The Labute approximate surface area is 101 Å². The van der Waals surface area contributed by atoms with E-state index in [4.69, 9.17) is 5.11 Å². The largest absolute Gasteiger partial charge is 0.503 e. The summed E-state index contributed by atoms with van der Waals surface area (Å²) >= 11 is 0. The molecule has 96 valence electrons. The summed E-state index contributed by atoms with van der Waals surface area (Å²) in [5.41, 5.74) is 0.466. The summed E-state index contributed by atoms with van der Waals surface area (Å²) in [7, 11) is 1.87. The zero-order chi connectivity index (χ0) is 13.0. The van der Waals surface area contributed by atoms with E-state index < -0.39 is 0 Å². The molecule has 1 aromatic heterocycles. The Hall–Kier alpha value is -1.33. The van der Waals surface area contributed by atoms with Crippen LogP contribution >= 0.6 is 0 Å². The molecule has 0 spiro atoms. The van der Waals surface area contributed by atoms with Gasteiger partial charge in [0, 0.05) is 30.9 Å². The summed E-state index contributed by atoms with van der Waals surface area (Å²) in [6.45, 7) is 5.17. The molecule has 0 atom stereocenters. The Bertz CT molecular complexity index is 426. The summed E-state index contributed by atoms with van der Waals surface area (Å²) < 4.78 is 1.87. The number of hydrogen-bond acceptors (Lipinski definition) is 4. The highest BCUT2D eigenvalue weighted by atomic mass is 16.3. The molecule has 0 saturated heterocycles. The first-order valence-corrected chi connectivity index (χ1v) is 5.69. The lowest BCUT2D eigenvalue weighted by Crippen LogP contribution is -2.25. The quantitative estimate of drug-likeness (QED) is 0.789. The van der Waals surface area contributed by atoms with Gasteiger partial charge in [-0.05, 0) is 20.9 Å². The highest BCUT2D eigenvalue weighted by Crippen LogP contribution is 2.13. The van der Waals surface area contributed by atoms with Gasteiger partial charge < -0.3 is 14.8 Å². The molecule has 0 amide bonds. The first kappa shape index (κ1) is 13.7. The molecule has 0 aliphatic rings. The van der Waals surface area contributed by atoms with Gasteiger partial charge in [0.05, 0.1) is 12.8 Å². The Balaban J connectivity index is 3.04. The van der Waals surface area contributed by atoms with Crippen molar-refractivity contribution in [3.63, 3.8) is 0 Å². The second-order valence-electron chi connectivity index (χ2n) is 4.48. The van der Waals surface area contributed by atoms with Crippen molar-refractivity contribution in [3.8, 4) is 5.75 Å². The molecule has 1 aromatic rings. The lowest BCUT2D eigenvalue weighted by atomic mass is 10.2. The smallest absolute Gasteiger partial charge is 0.223 e. The summed E-state index contributed by atoms with van der Waals surface area (Å²) in [5.74, 6) is -0.229. The summed E-state index contributed by atoms with van der Waals surface area (Å²) in [5, 5.41) is 18.3. The van der Waals surface area contributed by atoms with Gasteiger partial charge in [-0.3, -0.25) is 9.69 Å². The van der Waals surface area contributed by atoms with Crippen molar-refractivity contribution < 1.29 is 10.2 Å². The first-order valence-electron chi connectivity index (χ1n) is 5.69. The van der Waals surface area contributed by atoms with Crippen molar-refractivity contribution in [2.75, 3.05) is 20.2 Å². The fraction of sp³-hybridized carbons (Fsp3) is 0.583. The summed E-state index contributed by atoms with van der Waals surface area (Å²) in [4.78, 5) is 13.3.